The quantitative estimate of drug-likeness (QED) is 0.0714. The highest BCUT2D eigenvalue weighted by Gasteiger charge is 2.30. The number of unbranched alkanes of at least 4 members (excludes halogenated alkanes) is 9. The smallest absolute Gasteiger partial charge is 0.206 e. The Bertz CT molecular complexity index is 3900. The molecular formula is C67H66N4O2S. The number of aryl methyl sites for hydroxylation is 3. The van der Waals surface area contributed by atoms with Gasteiger partial charge < -0.3 is 13.7 Å². The summed E-state index contributed by atoms with van der Waals surface area (Å²) in [6.45, 7) is 6.83. The van der Waals surface area contributed by atoms with Crippen molar-refractivity contribution < 1.29 is 8.42 Å². The van der Waals surface area contributed by atoms with Crippen LogP contribution in [0.3, 0.4) is 0 Å². The molecule has 3 heterocycles. The zero-order valence-electron chi connectivity index (χ0n) is 43.2. The van der Waals surface area contributed by atoms with Gasteiger partial charge in [-0.3, -0.25) is 0 Å². The lowest BCUT2D eigenvalue weighted by atomic mass is 9.98. The first-order chi connectivity index (χ1) is 36.3. The second kappa shape index (κ2) is 21.2. The first-order valence-corrected chi connectivity index (χ1v) is 28.8. The van der Waals surface area contributed by atoms with Crippen LogP contribution in [0.25, 0.3) is 82.5 Å². The van der Waals surface area contributed by atoms with Crippen molar-refractivity contribution in [1.29, 1.82) is 5.26 Å². The Morgan fingerprint density at radius 3 is 1.07 bits per heavy atom. The molecule has 0 radical (unpaired) electrons. The molecule has 6 nitrogen and oxygen atoms in total. The number of benzene rings is 8. The summed E-state index contributed by atoms with van der Waals surface area (Å²) in [5, 5.41) is 16.7. The molecule has 11 rings (SSSR count). The van der Waals surface area contributed by atoms with Gasteiger partial charge in [0.15, 0.2) is 0 Å². The average molecular weight is 991 g/mol. The summed E-state index contributed by atoms with van der Waals surface area (Å²) in [7, 11) is -3.88. The first-order valence-electron chi connectivity index (χ1n) is 27.3. The van der Waals surface area contributed by atoms with Crippen LogP contribution in [0.5, 0.6) is 0 Å². The number of hydrogen-bond donors (Lipinski definition) is 0. The van der Waals surface area contributed by atoms with Crippen molar-refractivity contribution in [2.45, 2.75) is 127 Å². The highest BCUT2D eigenvalue weighted by atomic mass is 32.2. The summed E-state index contributed by atoms with van der Waals surface area (Å²) in [5.41, 5.74) is 14.4. The zero-order valence-corrected chi connectivity index (χ0v) is 44.0. The summed E-state index contributed by atoms with van der Waals surface area (Å²) in [6, 6.07) is 59.1. The third-order valence-corrected chi connectivity index (χ3v) is 17.3. The van der Waals surface area contributed by atoms with E-state index in [4.69, 9.17) is 0 Å². The fraction of sp³-hybridized carbons (Fsp3) is 0.269. The normalized spacial score (nSPS) is 12.1. The Balaban J connectivity index is 1.32. The standard InChI is InChI=1S/C67H66N4O2S/c1-4-7-10-15-22-47-31-40-59-56(43-47)62-65-63(57-44-48(23-16-11-8-5-2)32-41-60(57)70(65)52-27-20-14-21-28-52)67-64(66(62)69(59)51-25-18-13-19-26-51)58-45-49(24-17-12-9-6-3)33-42-61(58)71(67)53-34-38-55(39-35-53)74(72,73)54-36-29-50(46-68)30-37-54/h13-14,18-21,25-45H,4-12,15-17,22-24H2,1-3H3. The lowest BCUT2D eigenvalue weighted by Crippen LogP contribution is -2.03. The monoisotopic (exact) mass is 990 g/mol. The lowest BCUT2D eigenvalue weighted by molar-refractivity contribution is 0.596. The van der Waals surface area contributed by atoms with Crippen LogP contribution in [0, 0.1) is 11.3 Å². The highest BCUT2D eigenvalue weighted by molar-refractivity contribution is 7.91. The van der Waals surface area contributed by atoms with E-state index in [0.29, 0.717) is 5.56 Å². The van der Waals surface area contributed by atoms with Gasteiger partial charge in [-0.15, -0.1) is 0 Å². The molecule has 0 N–H and O–H groups in total. The van der Waals surface area contributed by atoms with E-state index < -0.39 is 9.84 Å². The Kier molecular flexibility index (Phi) is 14.0. The van der Waals surface area contributed by atoms with Crippen LogP contribution in [-0.2, 0) is 29.1 Å². The van der Waals surface area contributed by atoms with E-state index in [-0.39, 0.29) is 9.79 Å². The van der Waals surface area contributed by atoms with Gasteiger partial charge in [0.25, 0.3) is 0 Å². The van der Waals surface area contributed by atoms with E-state index in [1.807, 2.05) is 12.1 Å². The maximum atomic E-state index is 14.2. The Morgan fingerprint density at radius 2 is 0.730 bits per heavy atom. The lowest BCUT2D eigenvalue weighted by Gasteiger charge is -2.14. The average Bonchev–Trinajstić information content (AvgIpc) is 4.08. The molecule has 3 aromatic heterocycles. The Hall–Kier alpha value is -7.40. The van der Waals surface area contributed by atoms with E-state index in [0.717, 1.165) is 72.1 Å². The summed E-state index contributed by atoms with van der Waals surface area (Å²) in [5.74, 6) is 0. The van der Waals surface area contributed by atoms with Crippen molar-refractivity contribution >= 4 is 75.3 Å². The van der Waals surface area contributed by atoms with Crippen LogP contribution in [0.1, 0.15) is 120 Å². The van der Waals surface area contributed by atoms with Gasteiger partial charge in [-0.05, 0) is 164 Å². The van der Waals surface area contributed by atoms with Crippen LogP contribution in [0.15, 0.2) is 174 Å². The van der Waals surface area contributed by atoms with Gasteiger partial charge in [0, 0.05) is 49.4 Å². The number of para-hydroxylation sites is 2. The molecule has 0 saturated carbocycles. The number of rotatable bonds is 20. The minimum atomic E-state index is -3.88. The molecule has 372 valence electrons. The predicted molar refractivity (Wildman–Crippen MR) is 310 cm³/mol. The molecule has 0 aliphatic rings. The van der Waals surface area contributed by atoms with Gasteiger partial charge >= 0.3 is 0 Å². The number of aromatic nitrogens is 3. The van der Waals surface area contributed by atoms with E-state index in [1.165, 1.54) is 135 Å². The second-order valence-corrected chi connectivity index (χ2v) is 22.4. The third kappa shape index (κ3) is 8.87. The van der Waals surface area contributed by atoms with Crippen molar-refractivity contribution in [3.63, 3.8) is 0 Å². The molecule has 0 saturated heterocycles. The van der Waals surface area contributed by atoms with Gasteiger partial charge in [0.2, 0.25) is 9.84 Å². The van der Waals surface area contributed by atoms with E-state index in [1.54, 1.807) is 24.3 Å². The molecule has 0 aliphatic carbocycles. The summed E-state index contributed by atoms with van der Waals surface area (Å²) >= 11 is 0. The minimum Gasteiger partial charge on any atom is -0.308 e. The third-order valence-electron chi connectivity index (χ3n) is 15.5. The van der Waals surface area contributed by atoms with Crippen LogP contribution in [-0.4, -0.2) is 22.1 Å². The fourth-order valence-corrected chi connectivity index (χ4v) is 13.0. The minimum absolute atomic E-state index is 0.161. The molecule has 0 amide bonds. The predicted octanol–water partition coefficient (Wildman–Crippen LogP) is 18.1. The first kappa shape index (κ1) is 48.8. The maximum absolute atomic E-state index is 14.2. The number of fused-ring (bicyclic) bond motifs is 12. The molecular weight excluding hydrogens is 925 g/mol. The zero-order chi connectivity index (χ0) is 50.8. The summed E-state index contributed by atoms with van der Waals surface area (Å²) < 4.78 is 36.0. The molecule has 11 aromatic rings. The largest absolute Gasteiger partial charge is 0.308 e. The Labute approximate surface area is 436 Å². The van der Waals surface area contributed by atoms with Crippen molar-refractivity contribution in [3.05, 3.63) is 186 Å². The summed E-state index contributed by atoms with van der Waals surface area (Å²) in [6.07, 6.45) is 17.4. The van der Waals surface area contributed by atoms with E-state index >= 15 is 0 Å². The highest BCUT2D eigenvalue weighted by Crippen LogP contribution is 2.51. The Morgan fingerprint density at radius 1 is 0.392 bits per heavy atom. The van der Waals surface area contributed by atoms with Crippen molar-refractivity contribution in [2.75, 3.05) is 0 Å². The number of nitriles is 1. The molecule has 0 fully saturated rings. The number of nitrogens with zero attached hydrogens (tertiary/aromatic N) is 4. The number of sulfone groups is 1. The molecule has 0 aliphatic heterocycles. The second-order valence-electron chi connectivity index (χ2n) is 20.5. The van der Waals surface area contributed by atoms with E-state index in [9.17, 15) is 13.7 Å². The molecule has 0 unspecified atom stereocenters. The summed E-state index contributed by atoms with van der Waals surface area (Å²) in [4.78, 5) is 0.366. The van der Waals surface area contributed by atoms with Gasteiger partial charge in [0.05, 0.1) is 54.5 Å². The molecule has 74 heavy (non-hydrogen) atoms. The van der Waals surface area contributed by atoms with Crippen LogP contribution >= 0.6 is 0 Å². The van der Waals surface area contributed by atoms with Crippen LogP contribution in [0.4, 0.5) is 0 Å². The molecule has 0 atom stereocenters. The molecule has 8 aromatic carbocycles. The van der Waals surface area contributed by atoms with Gasteiger partial charge in [-0.25, -0.2) is 8.42 Å². The maximum Gasteiger partial charge on any atom is 0.206 e. The van der Waals surface area contributed by atoms with Crippen molar-refractivity contribution in [3.8, 4) is 23.1 Å². The molecule has 0 bridgehead atoms. The van der Waals surface area contributed by atoms with E-state index in [2.05, 4.69) is 156 Å². The van der Waals surface area contributed by atoms with Crippen LogP contribution < -0.4 is 0 Å². The van der Waals surface area contributed by atoms with Crippen molar-refractivity contribution in [1.82, 2.24) is 13.7 Å². The van der Waals surface area contributed by atoms with Gasteiger partial charge in [0.1, 0.15) is 0 Å². The van der Waals surface area contributed by atoms with Gasteiger partial charge in [-0.2, -0.15) is 5.26 Å². The van der Waals surface area contributed by atoms with Crippen LogP contribution in [0.2, 0.25) is 0 Å². The number of hydrogen-bond acceptors (Lipinski definition) is 3. The molecule has 0 spiro atoms. The molecule has 7 heteroatoms. The topological polar surface area (TPSA) is 72.7 Å². The van der Waals surface area contributed by atoms with Crippen molar-refractivity contribution in [2.24, 2.45) is 0 Å². The van der Waals surface area contributed by atoms with Gasteiger partial charge in [-0.1, -0.05) is 133 Å². The fourth-order valence-electron chi connectivity index (χ4n) is 11.8. The SMILES string of the molecule is CCCCCCc1ccc2c(c1)c1c(c3c4cc(CCCCCC)ccc4n(-c4ccc(S(=O)(=O)c5ccc(C#N)cc5)cc4)c3c3c4cc(CCCCCC)ccc4n(-c4ccccc4)c13)n2-c1ccccc1.